The number of aromatic amines is 2. The van der Waals surface area contributed by atoms with E-state index in [4.69, 9.17) is 4.74 Å². The molecular weight excluding hydrogens is 294 g/mol. The van der Waals surface area contributed by atoms with Crippen molar-refractivity contribution >= 4 is 27.0 Å². The number of halogens is 1. The minimum Gasteiger partial charge on any atom is -0.370 e. The molecule has 0 saturated carbocycles. The van der Waals surface area contributed by atoms with Crippen LogP contribution in [0.5, 0.6) is 0 Å². The van der Waals surface area contributed by atoms with Crippen molar-refractivity contribution in [3.63, 3.8) is 0 Å². The Hall–Kier alpha value is -1.59. The molecule has 0 bridgehead atoms. The molecule has 0 fully saturated rings. The van der Waals surface area contributed by atoms with Crippen LogP contribution in [0.1, 0.15) is 17.4 Å². The maximum Gasteiger partial charge on any atom is 0.137 e. The Labute approximate surface area is 113 Å². The van der Waals surface area contributed by atoms with Crippen molar-refractivity contribution in [2.45, 2.75) is 6.10 Å². The number of fused-ring (bicyclic) bond motifs is 1. The highest BCUT2D eigenvalue weighted by Gasteiger charge is 2.18. The van der Waals surface area contributed by atoms with Crippen LogP contribution in [0.2, 0.25) is 0 Å². The van der Waals surface area contributed by atoms with Gasteiger partial charge in [0.2, 0.25) is 0 Å². The van der Waals surface area contributed by atoms with Gasteiger partial charge >= 0.3 is 0 Å². The number of nitrogens with zero attached hydrogens (tertiary/aromatic N) is 1. The van der Waals surface area contributed by atoms with Gasteiger partial charge in [-0.3, -0.25) is 0 Å². The zero-order valence-electron chi connectivity index (χ0n) is 9.77. The third-order valence-electron chi connectivity index (χ3n) is 2.95. The Balaban J connectivity index is 2.15. The second-order valence-corrected chi connectivity index (χ2v) is 4.95. The summed E-state index contributed by atoms with van der Waals surface area (Å²) < 4.78 is 6.55. The molecule has 0 aliphatic carbocycles. The summed E-state index contributed by atoms with van der Waals surface area (Å²) in [6.07, 6.45) is 5.49. The first-order valence-electron chi connectivity index (χ1n) is 5.58. The van der Waals surface area contributed by atoms with Crippen molar-refractivity contribution in [3.05, 3.63) is 52.5 Å². The van der Waals surface area contributed by atoms with E-state index < -0.39 is 0 Å². The van der Waals surface area contributed by atoms with Gasteiger partial charge in [0.05, 0.1) is 0 Å². The van der Waals surface area contributed by atoms with Crippen molar-refractivity contribution in [1.29, 1.82) is 0 Å². The van der Waals surface area contributed by atoms with Crippen molar-refractivity contribution in [1.82, 2.24) is 15.0 Å². The largest absolute Gasteiger partial charge is 0.370 e. The molecule has 1 unspecified atom stereocenters. The average Bonchev–Trinajstić information content (AvgIpc) is 3.01. The number of methoxy groups -OCH3 is 1. The van der Waals surface area contributed by atoms with Gasteiger partial charge in [0.15, 0.2) is 0 Å². The number of hydrogen-bond donors (Lipinski definition) is 2. The van der Waals surface area contributed by atoms with Crippen molar-refractivity contribution in [3.8, 4) is 0 Å². The zero-order valence-corrected chi connectivity index (χ0v) is 11.4. The van der Waals surface area contributed by atoms with Crippen LogP contribution in [-0.4, -0.2) is 22.1 Å². The fourth-order valence-corrected chi connectivity index (χ4v) is 2.48. The lowest BCUT2D eigenvalue weighted by molar-refractivity contribution is 0.134. The predicted octanol–water partition coefficient (Wildman–Crippen LogP) is 3.39. The molecule has 0 aliphatic rings. The van der Waals surface area contributed by atoms with E-state index in [9.17, 15) is 0 Å². The monoisotopic (exact) mass is 305 g/mol. The molecule has 4 nitrogen and oxygen atoms in total. The molecular formula is C13H12BrN3O. The summed E-state index contributed by atoms with van der Waals surface area (Å²) in [5, 5.41) is 1.06. The van der Waals surface area contributed by atoms with Crippen LogP contribution < -0.4 is 0 Å². The van der Waals surface area contributed by atoms with E-state index in [-0.39, 0.29) is 6.10 Å². The molecule has 3 heterocycles. The average molecular weight is 306 g/mol. The first-order valence-corrected chi connectivity index (χ1v) is 6.37. The normalized spacial score (nSPS) is 13.0. The molecule has 18 heavy (non-hydrogen) atoms. The Morgan fingerprint density at radius 1 is 1.39 bits per heavy atom. The fraction of sp³-hybridized carbons (Fsp3) is 0.154. The summed E-state index contributed by atoms with van der Waals surface area (Å²) >= 11 is 3.45. The lowest BCUT2D eigenvalue weighted by atomic mass is 10.1. The van der Waals surface area contributed by atoms with E-state index in [1.54, 1.807) is 13.3 Å². The fourth-order valence-electron chi connectivity index (χ4n) is 2.14. The smallest absolute Gasteiger partial charge is 0.137 e. The summed E-state index contributed by atoms with van der Waals surface area (Å²) in [6, 6.07) is 6.02. The maximum atomic E-state index is 5.59. The van der Waals surface area contributed by atoms with Gasteiger partial charge in [-0.15, -0.1) is 0 Å². The SMILES string of the molecule is COC(c1ccc[nH]1)c1c[nH]c2ncc(Br)cc12. The zero-order chi connectivity index (χ0) is 12.5. The molecule has 3 aromatic rings. The van der Waals surface area contributed by atoms with E-state index in [1.807, 2.05) is 30.6 Å². The highest BCUT2D eigenvalue weighted by molar-refractivity contribution is 9.10. The summed E-state index contributed by atoms with van der Waals surface area (Å²) in [5.74, 6) is 0. The molecule has 0 spiro atoms. The number of H-pyrrole nitrogens is 2. The second kappa shape index (κ2) is 4.59. The van der Waals surface area contributed by atoms with Gasteiger partial charge in [-0.2, -0.15) is 0 Å². The van der Waals surface area contributed by atoms with Crippen LogP contribution in [0.25, 0.3) is 11.0 Å². The lowest BCUT2D eigenvalue weighted by Crippen LogP contribution is -2.03. The van der Waals surface area contributed by atoms with Gasteiger partial charge in [0.25, 0.3) is 0 Å². The Kier molecular flexibility index (Phi) is 2.93. The van der Waals surface area contributed by atoms with Crippen LogP contribution in [0, 0.1) is 0 Å². The molecule has 1 atom stereocenters. The van der Waals surface area contributed by atoms with E-state index in [0.717, 1.165) is 26.8 Å². The van der Waals surface area contributed by atoms with E-state index in [1.165, 1.54) is 0 Å². The molecule has 0 aliphatic heterocycles. The highest BCUT2D eigenvalue weighted by Crippen LogP contribution is 2.30. The van der Waals surface area contributed by atoms with Crippen molar-refractivity contribution < 1.29 is 4.74 Å². The maximum absolute atomic E-state index is 5.59. The van der Waals surface area contributed by atoms with E-state index in [2.05, 4.69) is 30.9 Å². The Morgan fingerprint density at radius 3 is 3.00 bits per heavy atom. The second-order valence-electron chi connectivity index (χ2n) is 4.03. The van der Waals surface area contributed by atoms with Gasteiger partial charge in [0, 0.05) is 46.8 Å². The first-order chi connectivity index (χ1) is 8.79. The Bertz CT molecular complexity index is 660. The third kappa shape index (κ3) is 1.85. The standard InChI is InChI=1S/C13H12BrN3O/c1-18-12(11-3-2-4-15-11)10-7-17-13-9(10)5-8(14)6-16-13/h2-7,12,15H,1H3,(H,16,17). The number of ether oxygens (including phenoxy) is 1. The molecule has 2 N–H and O–H groups in total. The molecule has 0 saturated heterocycles. The predicted molar refractivity (Wildman–Crippen MR) is 73.4 cm³/mol. The van der Waals surface area contributed by atoms with Crippen molar-refractivity contribution in [2.24, 2.45) is 0 Å². The number of pyridine rings is 1. The molecule has 3 aromatic heterocycles. The van der Waals surface area contributed by atoms with Gasteiger partial charge in [-0.1, -0.05) is 0 Å². The molecule has 0 radical (unpaired) electrons. The van der Waals surface area contributed by atoms with Gasteiger partial charge in [-0.25, -0.2) is 4.98 Å². The van der Waals surface area contributed by atoms with Crippen molar-refractivity contribution in [2.75, 3.05) is 7.11 Å². The quantitative estimate of drug-likeness (QED) is 0.779. The van der Waals surface area contributed by atoms with Crippen LogP contribution in [-0.2, 0) is 4.74 Å². The van der Waals surface area contributed by atoms with Crippen LogP contribution in [0.3, 0.4) is 0 Å². The van der Waals surface area contributed by atoms with Gasteiger partial charge < -0.3 is 14.7 Å². The lowest BCUT2D eigenvalue weighted by Gasteiger charge is -2.13. The minimum absolute atomic E-state index is 0.121. The number of rotatable bonds is 3. The van der Waals surface area contributed by atoms with Gasteiger partial charge in [-0.05, 0) is 34.1 Å². The van der Waals surface area contributed by atoms with E-state index >= 15 is 0 Å². The summed E-state index contributed by atoms with van der Waals surface area (Å²) in [4.78, 5) is 10.7. The number of aromatic nitrogens is 3. The minimum atomic E-state index is -0.121. The summed E-state index contributed by atoms with van der Waals surface area (Å²) in [6.45, 7) is 0. The van der Waals surface area contributed by atoms with Crippen LogP contribution in [0.15, 0.2) is 41.3 Å². The molecule has 5 heteroatoms. The number of hydrogen-bond acceptors (Lipinski definition) is 2. The van der Waals surface area contributed by atoms with Gasteiger partial charge in [0.1, 0.15) is 11.8 Å². The molecule has 3 rings (SSSR count). The van der Waals surface area contributed by atoms with Crippen LogP contribution in [0.4, 0.5) is 0 Å². The highest BCUT2D eigenvalue weighted by atomic mass is 79.9. The summed E-state index contributed by atoms with van der Waals surface area (Å²) in [7, 11) is 1.70. The molecule has 0 amide bonds. The Morgan fingerprint density at radius 2 is 2.28 bits per heavy atom. The molecule has 92 valence electrons. The van der Waals surface area contributed by atoms with E-state index in [0.29, 0.717) is 0 Å². The summed E-state index contributed by atoms with van der Waals surface area (Å²) in [5.41, 5.74) is 2.96. The molecule has 0 aromatic carbocycles. The number of nitrogens with one attached hydrogen (secondary N) is 2. The third-order valence-corrected chi connectivity index (χ3v) is 3.39. The topological polar surface area (TPSA) is 53.7 Å². The first kappa shape index (κ1) is 11.5. The van der Waals surface area contributed by atoms with Crippen LogP contribution >= 0.6 is 15.9 Å².